The van der Waals surface area contributed by atoms with Crippen LogP contribution in [0.25, 0.3) is 0 Å². The van der Waals surface area contributed by atoms with Crippen LogP contribution in [0.2, 0.25) is 0 Å². The van der Waals surface area contributed by atoms with Gasteiger partial charge in [-0.25, -0.2) is 0 Å². The van der Waals surface area contributed by atoms with Gasteiger partial charge in [0.1, 0.15) is 5.78 Å². The van der Waals surface area contributed by atoms with E-state index in [4.69, 9.17) is 12.2 Å². The number of hydrogen-bond donors (Lipinski definition) is 3. The SMILES string of the molecule is O=C(C1CCc2ccccc2C1)C1C(=S)CN[C@@H]1C(=O)C1CCN[C@@H]1C(=O)S. The second kappa shape index (κ2) is 8.14. The van der Waals surface area contributed by atoms with Crippen LogP contribution < -0.4 is 10.6 Å². The van der Waals surface area contributed by atoms with E-state index >= 15 is 0 Å². The molecule has 1 aromatic rings. The summed E-state index contributed by atoms with van der Waals surface area (Å²) in [6, 6.07) is 7.02. The molecular formula is C21H24N2O3S2. The number of hydrogen-bond acceptors (Lipinski definition) is 6. The minimum atomic E-state index is -0.628. The largest absolute Gasteiger partial charge is 0.306 e. The van der Waals surface area contributed by atoms with Gasteiger partial charge in [-0.2, -0.15) is 0 Å². The van der Waals surface area contributed by atoms with Gasteiger partial charge in [-0.1, -0.05) is 36.5 Å². The molecule has 2 saturated heterocycles. The lowest BCUT2D eigenvalue weighted by Crippen LogP contribution is -2.48. The van der Waals surface area contributed by atoms with Crippen molar-refractivity contribution < 1.29 is 14.4 Å². The number of ketones is 2. The molecule has 2 N–H and O–H groups in total. The highest BCUT2D eigenvalue weighted by molar-refractivity contribution is 7.96. The van der Waals surface area contributed by atoms with Crippen molar-refractivity contribution in [1.29, 1.82) is 0 Å². The third-order valence-corrected chi connectivity index (χ3v) is 7.07. The summed E-state index contributed by atoms with van der Waals surface area (Å²) in [5.74, 6) is -1.16. The first-order chi connectivity index (χ1) is 13.5. The van der Waals surface area contributed by atoms with Crippen molar-refractivity contribution in [2.45, 2.75) is 37.8 Å². The molecule has 2 fully saturated rings. The lowest BCUT2D eigenvalue weighted by molar-refractivity contribution is -0.132. The predicted molar refractivity (Wildman–Crippen MR) is 114 cm³/mol. The molecule has 28 heavy (non-hydrogen) atoms. The second-order valence-electron chi connectivity index (χ2n) is 7.98. The topological polar surface area (TPSA) is 75.3 Å². The van der Waals surface area contributed by atoms with Crippen LogP contribution in [0.3, 0.4) is 0 Å². The average Bonchev–Trinajstić information content (AvgIpc) is 3.33. The Morgan fingerprint density at radius 3 is 2.50 bits per heavy atom. The molecule has 4 rings (SSSR count). The van der Waals surface area contributed by atoms with E-state index in [0.29, 0.717) is 30.8 Å². The van der Waals surface area contributed by atoms with Gasteiger partial charge in [0.25, 0.3) is 0 Å². The number of Topliss-reactive ketones (excluding diaryl/α,β-unsaturated/α-hetero) is 2. The Labute approximate surface area is 175 Å². The van der Waals surface area contributed by atoms with Crippen molar-refractivity contribution in [3.05, 3.63) is 35.4 Å². The summed E-state index contributed by atoms with van der Waals surface area (Å²) < 4.78 is 0. The fourth-order valence-electron chi connectivity index (χ4n) is 4.91. The number of carbonyl (C=O) groups is 3. The summed E-state index contributed by atoms with van der Waals surface area (Å²) in [6.07, 6.45) is 2.95. The monoisotopic (exact) mass is 416 g/mol. The van der Waals surface area contributed by atoms with Crippen molar-refractivity contribution in [1.82, 2.24) is 10.6 Å². The van der Waals surface area contributed by atoms with E-state index in [1.54, 1.807) is 0 Å². The van der Waals surface area contributed by atoms with Gasteiger partial charge in [-0.3, -0.25) is 14.4 Å². The molecule has 5 atom stereocenters. The summed E-state index contributed by atoms with van der Waals surface area (Å²) >= 11 is 9.40. The minimum absolute atomic E-state index is 0.0718. The molecular weight excluding hydrogens is 392 g/mol. The van der Waals surface area contributed by atoms with E-state index in [2.05, 4.69) is 35.4 Å². The number of fused-ring (bicyclic) bond motifs is 1. The number of aryl methyl sites for hydroxylation is 1. The Morgan fingerprint density at radius 1 is 1.00 bits per heavy atom. The zero-order valence-corrected chi connectivity index (χ0v) is 17.2. The number of carbonyl (C=O) groups excluding carboxylic acids is 3. The van der Waals surface area contributed by atoms with Gasteiger partial charge in [0.2, 0.25) is 5.12 Å². The van der Waals surface area contributed by atoms with Gasteiger partial charge >= 0.3 is 0 Å². The van der Waals surface area contributed by atoms with Crippen molar-refractivity contribution in [2.75, 3.05) is 13.1 Å². The molecule has 7 heteroatoms. The molecule has 0 saturated carbocycles. The molecule has 5 nitrogen and oxygen atoms in total. The van der Waals surface area contributed by atoms with Gasteiger partial charge in [0.15, 0.2) is 5.78 Å². The Hall–Kier alpha value is -1.41. The first-order valence-electron chi connectivity index (χ1n) is 9.84. The van der Waals surface area contributed by atoms with E-state index in [1.165, 1.54) is 11.1 Å². The molecule has 0 aromatic heterocycles. The van der Waals surface area contributed by atoms with E-state index in [0.717, 1.165) is 12.8 Å². The molecule has 0 spiro atoms. The molecule has 2 aliphatic heterocycles. The van der Waals surface area contributed by atoms with Crippen LogP contribution in [-0.4, -0.2) is 46.7 Å². The van der Waals surface area contributed by atoms with E-state index in [1.807, 2.05) is 12.1 Å². The average molecular weight is 417 g/mol. The summed E-state index contributed by atoms with van der Waals surface area (Å²) in [7, 11) is 0. The van der Waals surface area contributed by atoms with Crippen LogP contribution in [0, 0.1) is 17.8 Å². The highest BCUT2D eigenvalue weighted by Crippen LogP contribution is 2.32. The van der Waals surface area contributed by atoms with Crippen LogP contribution in [-0.2, 0) is 27.2 Å². The predicted octanol–water partition coefficient (Wildman–Crippen LogP) is 1.32. The quantitative estimate of drug-likeness (QED) is 0.497. The molecule has 0 amide bonds. The molecule has 3 aliphatic rings. The highest BCUT2D eigenvalue weighted by Gasteiger charge is 2.48. The Balaban J connectivity index is 1.52. The second-order valence-corrected chi connectivity index (χ2v) is 8.95. The third kappa shape index (κ3) is 3.61. The normalized spacial score (nSPS) is 32.2. The maximum absolute atomic E-state index is 13.4. The first-order valence-corrected chi connectivity index (χ1v) is 10.7. The molecule has 0 bridgehead atoms. The zero-order chi connectivity index (χ0) is 19.8. The van der Waals surface area contributed by atoms with Crippen molar-refractivity contribution >= 4 is 46.4 Å². The summed E-state index contributed by atoms with van der Waals surface area (Å²) in [5, 5.41) is 5.87. The van der Waals surface area contributed by atoms with Crippen LogP contribution in [0.4, 0.5) is 0 Å². The number of thiol groups is 1. The van der Waals surface area contributed by atoms with Gasteiger partial charge in [0.05, 0.1) is 18.0 Å². The molecule has 1 aliphatic carbocycles. The molecule has 148 valence electrons. The molecule has 2 heterocycles. The lowest BCUT2D eigenvalue weighted by atomic mass is 9.75. The van der Waals surface area contributed by atoms with E-state index in [-0.39, 0.29) is 22.6 Å². The minimum Gasteiger partial charge on any atom is -0.306 e. The molecule has 3 unspecified atom stereocenters. The number of nitrogens with one attached hydrogen (secondary N) is 2. The van der Waals surface area contributed by atoms with Gasteiger partial charge in [-0.15, -0.1) is 12.6 Å². The van der Waals surface area contributed by atoms with Crippen molar-refractivity contribution in [2.24, 2.45) is 17.8 Å². The smallest absolute Gasteiger partial charge is 0.203 e. The van der Waals surface area contributed by atoms with Crippen LogP contribution >= 0.6 is 24.8 Å². The number of rotatable bonds is 5. The van der Waals surface area contributed by atoms with Gasteiger partial charge in [-0.05, 0) is 43.4 Å². The summed E-state index contributed by atoms with van der Waals surface area (Å²) in [4.78, 5) is 39.0. The highest BCUT2D eigenvalue weighted by atomic mass is 32.1. The van der Waals surface area contributed by atoms with E-state index in [9.17, 15) is 14.4 Å². The Kier molecular flexibility index (Phi) is 5.78. The van der Waals surface area contributed by atoms with E-state index < -0.39 is 23.9 Å². The Morgan fingerprint density at radius 2 is 1.75 bits per heavy atom. The van der Waals surface area contributed by atoms with Gasteiger partial charge < -0.3 is 10.6 Å². The summed E-state index contributed by atoms with van der Waals surface area (Å²) in [5.41, 5.74) is 2.52. The molecule has 0 radical (unpaired) electrons. The third-order valence-electron chi connectivity index (χ3n) is 6.39. The van der Waals surface area contributed by atoms with Crippen LogP contribution in [0.15, 0.2) is 24.3 Å². The number of thiocarbonyl (C=S) groups is 1. The lowest BCUT2D eigenvalue weighted by Gasteiger charge is -2.28. The van der Waals surface area contributed by atoms with Crippen molar-refractivity contribution in [3.63, 3.8) is 0 Å². The summed E-state index contributed by atoms with van der Waals surface area (Å²) in [6.45, 7) is 0.994. The maximum Gasteiger partial charge on any atom is 0.203 e. The fourth-order valence-corrected chi connectivity index (χ4v) is 5.51. The standard InChI is InChI=1S/C21H24N2O3S2/c24-19(13-6-5-11-3-1-2-4-12(11)9-13)16-15(27)10-23-18(16)20(25)14-7-8-22-17(14)21(26)28/h1-4,13-14,16-18,22-23H,5-10H2,(H,26,28)/t13?,14?,16?,17-,18-/m0/s1. The number of benzene rings is 1. The first kappa shape index (κ1) is 19.9. The van der Waals surface area contributed by atoms with Gasteiger partial charge in [0, 0.05) is 23.2 Å². The fraction of sp³-hybridized carbons (Fsp3) is 0.524. The maximum atomic E-state index is 13.4. The van der Waals surface area contributed by atoms with Crippen molar-refractivity contribution in [3.8, 4) is 0 Å². The zero-order valence-electron chi connectivity index (χ0n) is 15.5. The van der Waals surface area contributed by atoms with Crippen LogP contribution in [0.5, 0.6) is 0 Å². The van der Waals surface area contributed by atoms with Crippen LogP contribution in [0.1, 0.15) is 24.0 Å². The molecule has 1 aromatic carbocycles. The Bertz CT molecular complexity index is 841.